The summed E-state index contributed by atoms with van der Waals surface area (Å²) in [6.45, 7) is 4.38. The summed E-state index contributed by atoms with van der Waals surface area (Å²) in [5.74, 6) is -2.05. The maximum atomic E-state index is 14.4. The van der Waals surface area contributed by atoms with Crippen molar-refractivity contribution in [1.82, 2.24) is 0 Å². The predicted octanol–water partition coefficient (Wildman–Crippen LogP) is 5.06. The van der Waals surface area contributed by atoms with E-state index < -0.39 is 11.7 Å². The van der Waals surface area contributed by atoms with Crippen LogP contribution in [0, 0.1) is 5.92 Å². The Labute approximate surface area is 119 Å². The molecule has 0 saturated carbocycles. The van der Waals surface area contributed by atoms with Gasteiger partial charge in [0.1, 0.15) is 5.83 Å². The van der Waals surface area contributed by atoms with Crippen LogP contribution in [0.5, 0.6) is 0 Å². The third-order valence-electron chi connectivity index (χ3n) is 3.31. The lowest BCUT2D eigenvalue weighted by Crippen LogP contribution is -2.27. The molecule has 0 amide bonds. The van der Waals surface area contributed by atoms with Crippen molar-refractivity contribution in [2.24, 2.45) is 5.92 Å². The van der Waals surface area contributed by atoms with Crippen molar-refractivity contribution < 1.29 is 13.5 Å². The smallest absolute Gasteiger partial charge is 0.235 e. The summed E-state index contributed by atoms with van der Waals surface area (Å²) in [7, 11) is 0. The Hall–Kier alpha value is -1.48. The largest absolute Gasteiger partial charge is 0.342 e. The van der Waals surface area contributed by atoms with Crippen LogP contribution in [-0.2, 0) is 4.74 Å². The van der Waals surface area contributed by atoms with E-state index in [-0.39, 0.29) is 6.42 Å². The molecular weight excluding hydrogens is 258 g/mol. The maximum Gasteiger partial charge on any atom is 0.235 e. The van der Waals surface area contributed by atoms with E-state index >= 15 is 0 Å². The Bertz CT molecular complexity index is 505. The summed E-state index contributed by atoms with van der Waals surface area (Å²) >= 11 is 0. The van der Waals surface area contributed by atoms with Gasteiger partial charge in [-0.25, -0.2) is 8.78 Å². The van der Waals surface area contributed by atoms with Gasteiger partial charge in [-0.15, -0.1) is 0 Å². The third kappa shape index (κ3) is 3.76. The summed E-state index contributed by atoms with van der Waals surface area (Å²) in [6.07, 6.45) is 3.20. The van der Waals surface area contributed by atoms with Crippen LogP contribution in [-0.4, -0.2) is 12.5 Å². The number of allylic oxidation sites excluding steroid dienone is 2. The minimum absolute atomic E-state index is 0.298. The Balaban J connectivity index is 2.05. The molecule has 2 rings (SSSR count). The van der Waals surface area contributed by atoms with Gasteiger partial charge in [-0.1, -0.05) is 50.3 Å². The Kier molecular flexibility index (Phi) is 4.71. The summed E-state index contributed by atoms with van der Waals surface area (Å²) < 4.78 is 33.7. The average molecular weight is 278 g/mol. The minimum Gasteiger partial charge on any atom is -0.342 e. The normalized spacial score (nSPS) is 22.6. The molecule has 0 spiro atoms. The molecule has 0 saturated heterocycles. The number of rotatable bonds is 5. The molecule has 0 aliphatic heterocycles. The summed E-state index contributed by atoms with van der Waals surface area (Å²) in [5, 5.41) is 0. The van der Waals surface area contributed by atoms with Crippen LogP contribution < -0.4 is 0 Å². The zero-order valence-corrected chi connectivity index (χ0v) is 11.9. The molecule has 108 valence electrons. The lowest BCUT2D eigenvalue weighted by molar-refractivity contribution is -0.111. The number of benzene rings is 1. The van der Waals surface area contributed by atoms with Crippen molar-refractivity contribution in [3.8, 4) is 0 Å². The number of hydrogen-bond donors (Lipinski definition) is 0. The van der Waals surface area contributed by atoms with Gasteiger partial charge in [0.15, 0.2) is 0 Å². The molecule has 20 heavy (non-hydrogen) atoms. The highest BCUT2D eigenvalue weighted by Gasteiger charge is 2.33. The second-order valence-corrected chi connectivity index (χ2v) is 5.51. The average Bonchev–Trinajstić information content (AvgIpc) is 2.39. The Morgan fingerprint density at radius 1 is 1.25 bits per heavy atom. The highest BCUT2D eigenvalue weighted by atomic mass is 19.2. The summed E-state index contributed by atoms with van der Waals surface area (Å²) in [4.78, 5) is 0. The summed E-state index contributed by atoms with van der Waals surface area (Å²) in [6, 6.07) is 9.15. The van der Waals surface area contributed by atoms with Crippen LogP contribution in [0.1, 0.15) is 32.3 Å². The maximum absolute atomic E-state index is 14.4. The van der Waals surface area contributed by atoms with E-state index in [0.29, 0.717) is 18.1 Å². The van der Waals surface area contributed by atoms with E-state index in [0.717, 1.165) is 12.0 Å². The Morgan fingerprint density at radius 3 is 2.55 bits per heavy atom. The molecule has 1 aliphatic carbocycles. The van der Waals surface area contributed by atoms with E-state index in [2.05, 4.69) is 0 Å². The van der Waals surface area contributed by atoms with Crippen molar-refractivity contribution in [2.45, 2.75) is 32.5 Å². The number of ether oxygens (including phenoxy) is 1. The zero-order chi connectivity index (χ0) is 14.6. The second-order valence-electron chi connectivity index (χ2n) is 5.51. The molecule has 1 unspecified atom stereocenters. The second kappa shape index (κ2) is 6.31. The number of halogens is 2. The SMILES string of the molecule is CC(C)CCOC1(F)C=CC(c2ccccc2)=C(F)C1. The molecule has 0 aromatic heterocycles. The first kappa shape index (κ1) is 14.9. The van der Waals surface area contributed by atoms with E-state index in [9.17, 15) is 8.78 Å². The predicted molar refractivity (Wildman–Crippen MR) is 77.5 cm³/mol. The standard InChI is InChI=1S/C17H20F2O/c1-13(2)9-11-20-17(19)10-8-15(16(18)12-17)14-6-4-3-5-7-14/h3-8,10,13H,9,11-12H2,1-2H3. The first-order valence-corrected chi connectivity index (χ1v) is 6.96. The van der Waals surface area contributed by atoms with Gasteiger partial charge in [-0.05, 0) is 24.0 Å². The van der Waals surface area contributed by atoms with Crippen LogP contribution in [0.2, 0.25) is 0 Å². The molecule has 0 N–H and O–H groups in total. The fraction of sp³-hybridized carbons (Fsp3) is 0.412. The van der Waals surface area contributed by atoms with Crippen molar-refractivity contribution >= 4 is 5.57 Å². The van der Waals surface area contributed by atoms with Crippen molar-refractivity contribution in [3.63, 3.8) is 0 Å². The van der Waals surface area contributed by atoms with Gasteiger partial charge in [0.2, 0.25) is 5.85 Å². The molecule has 1 aromatic carbocycles. The lowest BCUT2D eigenvalue weighted by Gasteiger charge is -2.26. The zero-order valence-electron chi connectivity index (χ0n) is 11.9. The molecule has 1 nitrogen and oxygen atoms in total. The van der Waals surface area contributed by atoms with Gasteiger partial charge >= 0.3 is 0 Å². The van der Waals surface area contributed by atoms with Crippen LogP contribution >= 0.6 is 0 Å². The van der Waals surface area contributed by atoms with E-state index in [4.69, 9.17) is 4.74 Å². The molecule has 1 aromatic rings. The topological polar surface area (TPSA) is 9.23 Å². The van der Waals surface area contributed by atoms with E-state index in [1.165, 1.54) is 12.2 Å². The molecular formula is C17H20F2O. The van der Waals surface area contributed by atoms with Gasteiger partial charge in [-0.3, -0.25) is 0 Å². The molecule has 1 atom stereocenters. The van der Waals surface area contributed by atoms with E-state index in [1.54, 1.807) is 0 Å². The van der Waals surface area contributed by atoms with Crippen molar-refractivity contribution in [1.29, 1.82) is 0 Å². The molecule has 1 aliphatic rings. The van der Waals surface area contributed by atoms with Crippen LogP contribution in [0.15, 0.2) is 48.3 Å². The van der Waals surface area contributed by atoms with Gasteiger partial charge < -0.3 is 4.74 Å². The van der Waals surface area contributed by atoms with Crippen LogP contribution in [0.4, 0.5) is 8.78 Å². The minimum atomic E-state index is -2.02. The van der Waals surface area contributed by atoms with Crippen molar-refractivity contribution in [2.75, 3.05) is 6.61 Å². The molecule has 3 heteroatoms. The fourth-order valence-corrected chi connectivity index (χ4v) is 2.10. The van der Waals surface area contributed by atoms with E-state index in [1.807, 2.05) is 44.2 Å². The Morgan fingerprint density at radius 2 is 1.95 bits per heavy atom. The first-order chi connectivity index (χ1) is 9.50. The van der Waals surface area contributed by atoms with Gasteiger partial charge in [0.25, 0.3) is 0 Å². The quantitative estimate of drug-likeness (QED) is 0.732. The van der Waals surface area contributed by atoms with Gasteiger partial charge in [0.05, 0.1) is 13.0 Å². The first-order valence-electron chi connectivity index (χ1n) is 6.96. The molecule has 0 radical (unpaired) electrons. The highest BCUT2D eigenvalue weighted by Crippen LogP contribution is 2.36. The number of alkyl halides is 1. The molecule has 0 fully saturated rings. The lowest BCUT2D eigenvalue weighted by atomic mass is 9.96. The van der Waals surface area contributed by atoms with Crippen molar-refractivity contribution in [3.05, 3.63) is 53.9 Å². The van der Waals surface area contributed by atoms with Gasteiger partial charge in [-0.2, -0.15) is 0 Å². The highest BCUT2D eigenvalue weighted by molar-refractivity contribution is 5.76. The summed E-state index contributed by atoms with van der Waals surface area (Å²) in [5.41, 5.74) is 1.19. The third-order valence-corrected chi connectivity index (χ3v) is 3.31. The van der Waals surface area contributed by atoms with Gasteiger partial charge in [0, 0.05) is 5.57 Å². The number of hydrogen-bond acceptors (Lipinski definition) is 1. The fourth-order valence-electron chi connectivity index (χ4n) is 2.10. The van der Waals surface area contributed by atoms with Crippen LogP contribution in [0.3, 0.4) is 0 Å². The molecule has 0 heterocycles. The monoisotopic (exact) mass is 278 g/mol. The molecule has 0 bridgehead atoms. The van der Waals surface area contributed by atoms with Crippen LogP contribution in [0.25, 0.3) is 5.57 Å².